The number of nitrogens with zero attached hydrogens (tertiary/aromatic N) is 6. The highest BCUT2D eigenvalue weighted by atomic mass is 19.4. The number of aromatic nitrogens is 5. The first-order chi connectivity index (χ1) is 15.2. The maximum absolute atomic E-state index is 13.0. The molecular formula is C22H17F3N6O. The number of halogens is 3. The van der Waals surface area contributed by atoms with E-state index in [1.165, 1.54) is 12.3 Å². The van der Waals surface area contributed by atoms with Crippen LogP contribution in [0.3, 0.4) is 0 Å². The summed E-state index contributed by atoms with van der Waals surface area (Å²) in [5, 5.41) is 4.24. The maximum Gasteiger partial charge on any atom is 0.433 e. The van der Waals surface area contributed by atoms with Crippen molar-refractivity contribution in [1.29, 1.82) is 0 Å². The molecule has 1 aliphatic heterocycles. The number of aryl methyl sites for hydroxylation is 2. The monoisotopic (exact) mass is 438 g/mol. The Morgan fingerprint density at radius 2 is 1.75 bits per heavy atom. The summed E-state index contributed by atoms with van der Waals surface area (Å²) < 4.78 is 40.3. The van der Waals surface area contributed by atoms with Crippen molar-refractivity contribution in [1.82, 2.24) is 24.7 Å². The molecule has 4 aromatic rings. The van der Waals surface area contributed by atoms with Crippen LogP contribution >= 0.6 is 0 Å². The molecule has 7 nitrogen and oxygen atoms in total. The maximum atomic E-state index is 13.0. The molecule has 0 bridgehead atoms. The Kier molecular flexibility index (Phi) is 4.47. The summed E-state index contributed by atoms with van der Waals surface area (Å²) in [4.78, 5) is 26.9. The fraction of sp³-hybridized carbons (Fsp3) is 0.227. The Bertz CT molecular complexity index is 1380. The van der Waals surface area contributed by atoms with E-state index in [1.54, 1.807) is 21.8 Å². The van der Waals surface area contributed by atoms with E-state index in [2.05, 4.69) is 20.1 Å². The zero-order valence-electron chi connectivity index (χ0n) is 17.2. The molecule has 0 aliphatic carbocycles. The van der Waals surface area contributed by atoms with E-state index in [9.17, 15) is 18.0 Å². The third-order valence-corrected chi connectivity index (χ3v) is 5.48. The average molecular weight is 438 g/mol. The molecule has 0 fully saturated rings. The summed E-state index contributed by atoms with van der Waals surface area (Å²) in [5.74, 6) is 0.267. The van der Waals surface area contributed by atoms with Crippen molar-refractivity contribution in [3.05, 3.63) is 65.2 Å². The van der Waals surface area contributed by atoms with Crippen molar-refractivity contribution >= 4 is 22.6 Å². The predicted molar refractivity (Wildman–Crippen MR) is 111 cm³/mol. The molecule has 0 N–H and O–H groups in total. The molecular weight excluding hydrogens is 421 g/mol. The van der Waals surface area contributed by atoms with E-state index in [0.717, 1.165) is 22.9 Å². The Labute approximate surface area is 180 Å². The molecule has 32 heavy (non-hydrogen) atoms. The lowest BCUT2D eigenvalue weighted by Gasteiger charge is -2.29. The number of hydrogen-bond donors (Lipinski definition) is 0. The first-order valence-corrected chi connectivity index (χ1v) is 9.88. The molecule has 4 heterocycles. The number of fused-ring (bicyclic) bond motifs is 2. The van der Waals surface area contributed by atoms with Crippen LogP contribution in [-0.2, 0) is 12.7 Å². The molecule has 0 saturated heterocycles. The molecule has 0 unspecified atom stereocenters. The summed E-state index contributed by atoms with van der Waals surface area (Å²) in [5.41, 5.74) is 3.16. The predicted octanol–water partition coefficient (Wildman–Crippen LogP) is 4.18. The fourth-order valence-electron chi connectivity index (χ4n) is 3.90. The Balaban J connectivity index is 1.47. The third kappa shape index (κ3) is 3.28. The van der Waals surface area contributed by atoms with Crippen LogP contribution in [0.15, 0.2) is 42.7 Å². The van der Waals surface area contributed by atoms with Crippen LogP contribution in [0.4, 0.5) is 18.9 Å². The second kappa shape index (κ2) is 7.11. The number of pyridine rings is 1. The van der Waals surface area contributed by atoms with Crippen molar-refractivity contribution in [2.24, 2.45) is 0 Å². The highest BCUT2D eigenvalue weighted by Crippen LogP contribution is 2.31. The number of amides is 1. The van der Waals surface area contributed by atoms with Gasteiger partial charge in [0.05, 0.1) is 24.5 Å². The molecule has 1 aliphatic rings. The minimum atomic E-state index is -4.53. The second-order valence-corrected chi connectivity index (χ2v) is 7.65. The normalized spacial score (nSPS) is 14.2. The van der Waals surface area contributed by atoms with Crippen LogP contribution in [-0.4, -0.2) is 37.2 Å². The van der Waals surface area contributed by atoms with Gasteiger partial charge in [0.1, 0.15) is 16.9 Å². The van der Waals surface area contributed by atoms with Gasteiger partial charge in [0, 0.05) is 23.4 Å². The summed E-state index contributed by atoms with van der Waals surface area (Å²) in [7, 11) is 0. The number of carbonyl (C=O) groups is 1. The molecule has 0 spiro atoms. The van der Waals surface area contributed by atoms with Gasteiger partial charge in [0.15, 0.2) is 5.82 Å². The molecule has 0 saturated carbocycles. The fourth-order valence-corrected chi connectivity index (χ4v) is 3.90. The zero-order chi connectivity index (χ0) is 22.6. The van der Waals surface area contributed by atoms with E-state index in [-0.39, 0.29) is 11.4 Å². The van der Waals surface area contributed by atoms with Crippen molar-refractivity contribution in [2.45, 2.75) is 26.6 Å². The minimum absolute atomic E-state index is 0.0720. The topological polar surface area (TPSA) is 76.8 Å². The lowest BCUT2D eigenvalue weighted by atomic mass is 10.1. The van der Waals surface area contributed by atoms with E-state index in [4.69, 9.17) is 0 Å². The molecule has 1 amide bonds. The SMILES string of the molecule is Cc1cc(-c2ncc3nc(C(F)(F)F)ccc3n2)ccc1N1CCn2ncc(C)c2C1=O. The van der Waals surface area contributed by atoms with Gasteiger partial charge >= 0.3 is 6.18 Å². The van der Waals surface area contributed by atoms with Crippen molar-refractivity contribution in [2.75, 3.05) is 11.4 Å². The number of hydrogen-bond acceptors (Lipinski definition) is 5. The van der Waals surface area contributed by atoms with Crippen molar-refractivity contribution in [3.63, 3.8) is 0 Å². The lowest BCUT2D eigenvalue weighted by Crippen LogP contribution is -2.41. The van der Waals surface area contributed by atoms with Crippen LogP contribution in [0.1, 0.15) is 27.3 Å². The Morgan fingerprint density at radius 3 is 2.50 bits per heavy atom. The summed E-state index contributed by atoms with van der Waals surface area (Å²) in [6.45, 7) is 4.87. The Morgan fingerprint density at radius 1 is 0.938 bits per heavy atom. The van der Waals surface area contributed by atoms with Crippen LogP contribution in [0.25, 0.3) is 22.4 Å². The largest absolute Gasteiger partial charge is 0.433 e. The van der Waals surface area contributed by atoms with Gasteiger partial charge in [-0.1, -0.05) is 0 Å². The van der Waals surface area contributed by atoms with Gasteiger partial charge in [-0.25, -0.2) is 15.0 Å². The summed E-state index contributed by atoms with van der Waals surface area (Å²) in [6.07, 6.45) is -1.55. The van der Waals surface area contributed by atoms with E-state index in [1.807, 2.05) is 26.0 Å². The second-order valence-electron chi connectivity index (χ2n) is 7.65. The first-order valence-electron chi connectivity index (χ1n) is 9.88. The first kappa shape index (κ1) is 20.1. The van der Waals surface area contributed by atoms with E-state index >= 15 is 0 Å². The van der Waals surface area contributed by atoms with Gasteiger partial charge in [-0.15, -0.1) is 0 Å². The number of alkyl halides is 3. The standard InChI is InChI=1S/C22H17F3N6O/c1-12-9-14(20-26-11-16-15(29-20)4-6-18(28-16)22(23,24)25)3-5-17(12)30-7-8-31-19(21(30)32)13(2)10-27-31/h3-6,9-11H,7-8H2,1-2H3. The molecule has 162 valence electrons. The quantitative estimate of drug-likeness (QED) is 0.469. The average Bonchev–Trinajstić information content (AvgIpc) is 3.14. The smallest absolute Gasteiger partial charge is 0.305 e. The molecule has 10 heteroatoms. The van der Waals surface area contributed by atoms with Gasteiger partial charge in [0.25, 0.3) is 5.91 Å². The molecule has 3 aromatic heterocycles. The van der Waals surface area contributed by atoms with Crippen LogP contribution in [0.2, 0.25) is 0 Å². The van der Waals surface area contributed by atoms with E-state index < -0.39 is 11.9 Å². The van der Waals surface area contributed by atoms with Gasteiger partial charge in [-0.3, -0.25) is 9.48 Å². The summed E-state index contributed by atoms with van der Waals surface area (Å²) >= 11 is 0. The molecule has 0 radical (unpaired) electrons. The minimum Gasteiger partial charge on any atom is -0.305 e. The van der Waals surface area contributed by atoms with E-state index in [0.29, 0.717) is 35.7 Å². The number of anilines is 1. The van der Waals surface area contributed by atoms with Gasteiger partial charge < -0.3 is 4.90 Å². The van der Waals surface area contributed by atoms with Crippen molar-refractivity contribution in [3.8, 4) is 11.4 Å². The highest BCUT2D eigenvalue weighted by molar-refractivity contribution is 6.07. The van der Waals surface area contributed by atoms with Crippen LogP contribution in [0.5, 0.6) is 0 Å². The van der Waals surface area contributed by atoms with Crippen LogP contribution < -0.4 is 4.90 Å². The van der Waals surface area contributed by atoms with Crippen LogP contribution in [0, 0.1) is 13.8 Å². The molecule has 5 rings (SSSR count). The molecule has 0 atom stereocenters. The number of carbonyl (C=O) groups excluding carboxylic acids is 1. The van der Waals surface area contributed by atoms with Crippen molar-refractivity contribution < 1.29 is 18.0 Å². The molecule has 1 aromatic carbocycles. The number of rotatable bonds is 2. The third-order valence-electron chi connectivity index (χ3n) is 5.48. The number of benzene rings is 1. The van der Waals surface area contributed by atoms with Gasteiger partial charge in [0.2, 0.25) is 0 Å². The zero-order valence-corrected chi connectivity index (χ0v) is 17.2. The van der Waals surface area contributed by atoms with Gasteiger partial charge in [-0.2, -0.15) is 18.3 Å². The highest BCUT2D eigenvalue weighted by Gasteiger charge is 2.32. The summed E-state index contributed by atoms with van der Waals surface area (Å²) in [6, 6.07) is 7.69. The lowest BCUT2D eigenvalue weighted by molar-refractivity contribution is -0.140. The van der Waals surface area contributed by atoms with Gasteiger partial charge in [-0.05, 0) is 49.7 Å². The Hall–Kier alpha value is -3.82.